The predicted molar refractivity (Wildman–Crippen MR) is 61.0 cm³/mol. The number of methoxy groups -OCH3 is 2. The number of hydrogen-bond donors (Lipinski definition) is 0. The summed E-state index contributed by atoms with van der Waals surface area (Å²) in [4.78, 5) is 4.12. The van der Waals surface area contributed by atoms with Crippen molar-refractivity contribution in [3.63, 3.8) is 0 Å². The molecular formula is C10H16BNO3. The van der Waals surface area contributed by atoms with E-state index >= 15 is 0 Å². The van der Waals surface area contributed by atoms with Gasteiger partial charge in [-0.25, -0.2) is 4.98 Å². The van der Waals surface area contributed by atoms with Crippen LogP contribution < -0.4 is 14.9 Å². The van der Waals surface area contributed by atoms with Gasteiger partial charge >= 0.3 is 0 Å². The summed E-state index contributed by atoms with van der Waals surface area (Å²) in [6.45, 7) is 1.30. The number of rotatable bonds is 6. The lowest BCUT2D eigenvalue weighted by atomic mass is 9.99. The van der Waals surface area contributed by atoms with Gasteiger partial charge in [0.15, 0.2) is 5.75 Å². The molecule has 0 aliphatic heterocycles. The summed E-state index contributed by atoms with van der Waals surface area (Å²) < 4.78 is 15.6. The van der Waals surface area contributed by atoms with Crippen molar-refractivity contribution in [2.45, 2.75) is 6.42 Å². The van der Waals surface area contributed by atoms with Crippen LogP contribution in [-0.2, 0) is 4.74 Å². The lowest BCUT2D eigenvalue weighted by molar-refractivity contribution is 0.170. The molecule has 0 radical (unpaired) electrons. The zero-order valence-electron chi connectivity index (χ0n) is 9.45. The van der Waals surface area contributed by atoms with E-state index in [-0.39, 0.29) is 0 Å². The Morgan fingerprint density at radius 3 is 2.80 bits per heavy atom. The molecule has 0 fully saturated rings. The van der Waals surface area contributed by atoms with Gasteiger partial charge in [0.25, 0.3) is 5.88 Å². The molecule has 0 aromatic carbocycles. The van der Waals surface area contributed by atoms with Crippen LogP contribution in [0, 0.1) is 0 Å². The van der Waals surface area contributed by atoms with Gasteiger partial charge in [-0.15, -0.1) is 0 Å². The molecule has 4 nitrogen and oxygen atoms in total. The summed E-state index contributed by atoms with van der Waals surface area (Å²) in [5.74, 6) is 1.21. The summed E-state index contributed by atoms with van der Waals surface area (Å²) in [5, 5.41) is 0. The Bertz CT molecular complexity index is 307. The van der Waals surface area contributed by atoms with Gasteiger partial charge in [0, 0.05) is 26.3 Å². The summed E-state index contributed by atoms with van der Waals surface area (Å²) in [6, 6.07) is 1.92. The minimum absolute atomic E-state index is 0.526. The molecular weight excluding hydrogens is 193 g/mol. The van der Waals surface area contributed by atoms with Gasteiger partial charge in [-0.3, -0.25) is 0 Å². The zero-order valence-corrected chi connectivity index (χ0v) is 9.45. The monoisotopic (exact) mass is 209 g/mol. The van der Waals surface area contributed by atoms with E-state index in [2.05, 4.69) is 4.98 Å². The third-order valence-electron chi connectivity index (χ3n) is 1.90. The van der Waals surface area contributed by atoms with Crippen molar-refractivity contribution in [1.29, 1.82) is 0 Å². The van der Waals surface area contributed by atoms with E-state index in [9.17, 15) is 0 Å². The third kappa shape index (κ3) is 3.79. The van der Waals surface area contributed by atoms with Crippen LogP contribution in [-0.4, -0.2) is 40.3 Å². The highest BCUT2D eigenvalue weighted by molar-refractivity contribution is 6.32. The quantitative estimate of drug-likeness (QED) is 0.479. The van der Waals surface area contributed by atoms with Crippen LogP contribution in [0.2, 0.25) is 0 Å². The number of nitrogens with zero attached hydrogens (tertiary/aromatic N) is 1. The standard InChI is InChI=1S/C10H16BNO3/c1-13-4-3-5-15-9-6-8(11)7-12-10(9)14-2/h6-7H,3-5,11H2,1-2H3. The van der Waals surface area contributed by atoms with E-state index in [1.54, 1.807) is 20.4 Å². The van der Waals surface area contributed by atoms with Gasteiger partial charge in [0.05, 0.1) is 13.7 Å². The summed E-state index contributed by atoms with van der Waals surface area (Å²) in [6.07, 6.45) is 2.61. The highest BCUT2D eigenvalue weighted by Gasteiger charge is 2.05. The van der Waals surface area contributed by atoms with Gasteiger partial charge in [-0.1, -0.05) is 5.46 Å². The molecule has 0 saturated carbocycles. The van der Waals surface area contributed by atoms with Crippen LogP contribution in [0.3, 0.4) is 0 Å². The molecule has 15 heavy (non-hydrogen) atoms. The van der Waals surface area contributed by atoms with Crippen LogP contribution in [0.15, 0.2) is 12.3 Å². The Morgan fingerprint density at radius 2 is 2.13 bits per heavy atom. The van der Waals surface area contributed by atoms with E-state index < -0.39 is 0 Å². The predicted octanol–water partition coefficient (Wildman–Crippen LogP) is -0.236. The number of hydrogen-bond acceptors (Lipinski definition) is 4. The topological polar surface area (TPSA) is 40.6 Å². The normalized spacial score (nSPS) is 10.0. The van der Waals surface area contributed by atoms with E-state index in [4.69, 9.17) is 14.2 Å². The second kappa shape index (κ2) is 6.29. The van der Waals surface area contributed by atoms with E-state index in [0.29, 0.717) is 24.8 Å². The first-order valence-corrected chi connectivity index (χ1v) is 4.90. The molecule has 1 aromatic rings. The van der Waals surface area contributed by atoms with Gasteiger partial charge in [0.1, 0.15) is 7.85 Å². The molecule has 82 valence electrons. The Balaban J connectivity index is 2.54. The number of pyridine rings is 1. The Hall–Kier alpha value is -1.23. The smallest absolute Gasteiger partial charge is 0.256 e. The minimum atomic E-state index is 0.526. The molecule has 1 rings (SSSR count). The van der Waals surface area contributed by atoms with Gasteiger partial charge in [-0.05, 0) is 6.07 Å². The Morgan fingerprint density at radius 1 is 1.33 bits per heavy atom. The summed E-state index contributed by atoms with van der Waals surface area (Å²) in [7, 11) is 5.23. The summed E-state index contributed by atoms with van der Waals surface area (Å²) in [5.41, 5.74) is 1.05. The maximum Gasteiger partial charge on any atom is 0.256 e. The molecule has 0 spiro atoms. The molecule has 0 bridgehead atoms. The molecule has 0 N–H and O–H groups in total. The molecule has 0 amide bonds. The second-order valence-corrected chi connectivity index (χ2v) is 3.21. The molecule has 0 saturated heterocycles. The van der Waals surface area contributed by atoms with E-state index in [1.807, 2.05) is 13.9 Å². The molecule has 0 aliphatic carbocycles. The maximum atomic E-state index is 5.54. The molecule has 0 unspecified atom stereocenters. The van der Waals surface area contributed by atoms with E-state index in [0.717, 1.165) is 11.9 Å². The lowest BCUT2D eigenvalue weighted by Crippen LogP contribution is -2.08. The SMILES string of the molecule is Bc1cnc(OC)c(OCCCOC)c1. The molecule has 0 aliphatic rings. The maximum absolute atomic E-state index is 5.54. The van der Waals surface area contributed by atoms with Crippen molar-refractivity contribution in [2.24, 2.45) is 0 Å². The Kier molecular flexibility index (Phi) is 4.97. The molecule has 5 heteroatoms. The van der Waals surface area contributed by atoms with Crippen molar-refractivity contribution in [2.75, 3.05) is 27.4 Å². The van der Waals surface area contributed by atoms with Crippen LogP contribution >= 0.6 is 0 Å². The largest absolute Gasteiger partial charge is 0.488 e. The number of aromatic nitrogens is 1. The first-order valence-electron chi connectivity index (χ1n) is 4.90. The highest BCUT2D eigenvalue weighted by atomic mass is 16.5. The van der Waals surface area contributed by atoms with Gasteiger partial charge in [-0.2, -0.15) is 0 Å². The fraction of sp³-hybridized carbons (Fsp3) is 0.500. The van der Waals surface area contributed by atoms with Crippen molar-refractivity contribution in [3.8, 4) is 11.6 Å². The average Bonchev–Trinajstić information content (AvgIpc) is 2.25. The van der Waals surface area contributed by atoms with E-state index in [1.165, 1.54) is 0 Å². The first-order chi connectivity index (χ1) is 7.27. The van der Waals surface area contributed by atoms with Gasteiger partial charge < -0.3 is 14.2 Å². The number of ether oxygens (including phenoxy) is 3. The van der Waals surface area contributed by atoms with Crippen LogP contribution in [0.5, 0.6) is 11.6 Å². The van der Waals surface area contributed by atoms with Crippen molar-refractivity contribution in [3.05, 3.63) is 12.3 Å². The zero-order chi connectivity index (χ0) is 11.1. The van der Waals surface area contributed by atoms with Crippen LogP contribution in [0.4, 0.5) is 0 Å². The fourth-order valence-corrected chi connectivity index (χ4v) is 1.17. The fourth-order valence-electron chi connectivity index (χ4n) is 1.17. The minimum Gasteiger partial charge on any atom is -0.488 e. The summed E-state index contributed by atoms with van der Waals surface area (Å²) >= 11 is 0. The first kappa shape index (κ1) is 11.8. The second-order valence-electron chi connectivity index (χ2n) is 3.21. The molecule has 1 aromatic heterocycles. The van der Waals surface area contributed by atoms with Crippen molar-refractivity contribution < 1.29 is 14.2 Å². The average molecular weight is 209 g/mol. The van der Waals surface area contributed by atoms with Gasteiger partial charge in [0.2, 0.25) is 0 Å². The van der Waals surface area contributed by atoms with Crippen LogP contribution in [0.1, 0.15) is 6.42 Å². The van der Waals surface area contributed by atoms with Crippen molar-refractivity contribution in [1.82, 2.24) is 4.98 Å². The molecule has 1 heterocycles. The molecule has 0 atom stereocenters. The highest BCUT2D eigenvalue weighted by Crippen LogP contribution is 2.21. The lowest BCUT2D eigenvalue weighted by Gasteiger charge is -2.09. The van der Waals surface area contributed by atoms with Crippen LogP contribution in [0.25, 0.3) is 0 Å². The van der Waals surface area contributed by atoms with Crippen molar-refractivity contribution >= 4 is 13.3 Å². The Labute approximate surface area is 91.0 Å². The third-order valence-corrected chi connectivity index (χ3v) is 1.90.